The van der Waals surface area contributed by atoms with E-state index in [0.29, 0.717) is 17.9 Å². The zero-order valence-corrected chi connectivity index (χ0v) is 10.9. The number of nitrogens with zero attached hydrogens (tertiary/aromatic N) is 1. The number of nitrogens with one attached hydrogen (secondary N) is 1. The van der Waals surface area contributed by atoms with E-state index >= 15 is 0 Å². The topological polar surface area (TPSA) is 68.0 Å². The highest BCUT2D eigenvalue weighted by Crippen LogP contribution is 2.09. The Kier molecular flexibility index (Phi) is 4.26. The number of benzene rings is 1. The van der Waals surface area contributed by atoms with Gasteiger partial charge in [0.25, 0.3) is 5.91 Å². The largest absolute Gasteiger partial charge is 0.330 e. The van der Waals surface area contributed by atoms with Gasteiger partial charge in [-0.25, -0.2) is 4.98 Å². The van der Waals surface area contributed by atoms with Gasteiger partial charge in [0, 0.05) is 11.8 Å². The molecule has 0 atom stereocenters. The summed E-state index contributed by atoms with van der Waals surface area (Å²) in [4.78, 5) is 16.1. The maximum Gasteiger partial charge on any atom is 0.256 e. The van der Waals surface area contributed by atoms with Gasteiger partial charge in [-0.1, -0.05) is 12.1 Å². The smallest absolute Gasteiger partial charge is 0.256 e. The highest BCUT2D eigenvalue weighted by atomic mass is 16.1. The van der Waals surface area contributed by atoms with Gasteiger partial charge in [-0.15, -0.1) is 0 Å². The van der Waals surface area contributed by atoms with Crippen molar-refractivity contribution in [2.24, 2.45) is 5.73 Å². The molecule has 4 nitrogen and oxygen atoms in total. The number of aromatic nitrogens is 1. The van der Waals surface area contributed by atoms with Crippen LogP contribution in [0.1, 0.15) is 21.5 Å². The van der Waals surface area contributed by atoms with Crippen LogP contribution >= 0.6 is 0 Å². The summed E-state index contributed by atoms with van der Waals surface area (Å²) in [5, 5.41) is 2.78. The molecular weight excluding hydrogens is 238 g/mol. The summed E-state index contributed by atoms with van der Waals surface area (Å²) in [6.45, 7) is 2.57. The van der Waals surface area contributed by atoms with Crippen LogP contribution in [-0.2, 0) is 6.42 Å². The lowest BCUT2D eigenvalue weighted by molar-refractivity contribution is 0.102. The molecule has 98 valence electrons. The van der Waals surface area contributed by atoms with E-state index in [1.54, 1.807) is 18.3 Å². The molecule has 0 aliphatic rings. The van der Waals surface area contributed by atoms with E-state index in [2.05, 4.69) is 10.3 Å². The number of amides is 1. The van der Waals surface area contributed by atoms with E-state index in [0.717, 1.165) is 17.5 Å². The SMILES string of the molecule is Cc1ccnc(NC(=O)c2ccc(CCN)cc2)c1. The summed E-state index contributed by atoms with van der Waals surface area (Å²) >= 11 is 0. The van der Waals surface area contributed by atoms with Crippen molar-refractivity contribution in [3.8, 4) is 0 Å². The van der Waals surface area contributed by atoms with Crippen LogP contribution in [0.25, 0.3) is 0 Å². The van der Waals surface area contributed by atoms with Gasteiger partial charge in [0.2, 0.25) is 0 Å². The minimum absolute atomic E-state index is 0.155. The fraction of sp³-hybridized carbons (Fsp3) is 0.200. The van der Waals surface area contributed by atoms with Crippen LogP contribution in [0.3, 0.4) is 0 Å². The second kappa shape index (κ2) is 6.11. The number of rotatable bonds is 4. The Morgan fingerprint density at radius 2 is 2.00 bits per heavy atom. The van der Waals surface area contributed by atoms with Crippen molar-refractivity contribution in [1.29, 1.82) is 0 Å². The molecule has 19 heavy (non-hydrogen) atoms. The summed E-state index contributed by atoms with van der Waals surface area (Å²) in [6.07, 6.45) is 2.50. The first-order valence-electron chi connectivity index (χ1n) is 6.22. The van der Waals surface area contributed by atoms with Gasteiger partial charge >= 0.3 is 0 Å². The van der Waals surface area contributed by atoms with E-state index in [1.165, 1.54) is 0 Å². The van der Waals surface area contributed by atoms with Gasteiger partial charge in [0.05, 0.1) is 0 Å². The van der Waals surface area contributed by atoms with Crippen LogP contribution in [0, 0.1) is 6.92 Å². The summed E-state index contributed by atoms with van der Waals surface area (Å²) in [5.74, 6) is 0.411. The van der Waals surface area contributed by atoms with Gasteiger partial charge in [0.1, 0.15) is 5.82 Å². The number of carbonyl (C=O) groups excluding carboxylic acids is 1. The lowest BCUT2D eigenvalue weighted by Crippen LogP contribution is -2.13. The molecule has 1 aromatic heterocycles. The number of aryl methyl sites for hydroxylation is 1. The third-order valence-electron chi connectivity index (χ3n) is 2.81. The maximum absolute atomic E-state index is 12.0. The first-order chi connectivity index (χ1) is 9.19. The van der Waals surface area contributed by atoms with Gasteiger partial charge in [-0.05, 0) is 55.3 Å². The third-order valence-corrected chi connectivity index (χ3v) is 2.81. The number of hydrogen-bond donors (Lipinski definition) is 2. The Morgan fingerprint density at radius 1 is 1.26 bits per heavy atom. The highest BCUT2D eigenvalue weighted by Gasteiger charge is 2.06. The van der Waals surface area contributed by atoms with Crippen LogP contribution in [-0.4, -0.2) is 17.4 Å². The highest BCUT2D eigenvalue weighted by molar-refractivity contribution is 6.03. The number of nitrogens with two attached hydrogens (primary N) is 1. The van der Waals surface area contributed by atoms with E-state index in [9.17, 15) is 4.79 Å². The predicted octanol–water partition coefficient (Wildman–Crippen LogP) is 2.14. The number of anilines is 1. The van der Waals surface area contributed by atoms with Crippen molar-refractivity contribution < 1.29 is 4.79 Å². The first kappa shape index (κ1) is 13.2. The van der Waals surface area contributed by atoms with Gasteiger partial charge in [-0.2, -0.15) is 0 Å². The summed E-state index contributed by atoms with van der Waals surface area (Å²) in [7, 11) is 0. The van der Waals surface area contributed by atoms with Crippen LogP contribution in [0.2, 0.25) is 0 Å². The van der Waals surface area contributed by atoms with Crippen molar-refractivity contribution >= 4 is 11.7 Å². The molecule has 1 aromatic carbocycles. The van der Waals surface area contributed by atoms with Crippen LogP contribution < -0.4 is 11.1 Å². The normalized spacial score (nSPS) is 10.2. The molecule has 1 amide bonds. The fourth-order valence-corrected chi connectivity index (χ4v) is 1.78. The van der Waals surface area contributed by atoms with E-state index in [-0.39, 0.29) is 5.91 Å². The molecular formula is C15H17N3O. The third kappa shape index (κ3) is 3.63. The molecule has 0 fully saturated rings. The minimum Gasteiger partial charge on any atom is -0.330 e. The average Bonchev–Trinajstić information content (AvgIpc) is 2.40. The summed E-state index contributed by atoms with van der Waals surface area (Å²) in [6, 6.07) is 11.2. The number of pyridine rings is 1. The minimum atomic E-state index is -0.155. The number of hydrogen-bond acceptors (Lipinski definition) is 3. The average molecular weight is 255 g/mol. The fourth-order valence-electron chi connectivity index (χ4n) is 1.78. The van der Waals surface area contributed by atoms with E-state index in [1.807, 2.05) is 31.2 Å². The molecule has 0 aliphatic heterocycles. The van der Waals surface area contributed by atoms with E-state index in [4.69, 9.17) is 5.73 Å². The Labute approximate surface area is 112 Å². The van der Waals surface area contributed by atoms with Crippen molar-refractivity contribution in [1.82, 2.24) is 4.98 Å². The molecule has 0 spiro atoms. The van der Waals surface area contributed by atoms with Crippen molar-refractivity contribution in [2.75, 3.05) is 11.9 Å². The van der Waals surface area contributed by atoms with Gasteiger partial charge in [-0.3, -0.25) is 4.79 Å². The van der Waals surface area contributed by atoms with Crippen LogP contribution in [0.5, 0.6) is 0 Å². The molecule has 1 heterocycles. The molecule has 0 saturated carbocycles. The lowest BCUT2D eigenvalue weighted by Gasteiger charge is -2.06. The molecule has 2 aromatic rings. The molecule has 0 saturated heterocycles. The Hall–Kier alpha value is -2.20. The molecule has 0 radical (unpaired) electrons. The zero-order chi connectivity index (χ0) is 13.7. The molecule has 0 bridgehead atoms. The molecule has 2 rings (SSSR count). The standard InChI is InChI=1S/C15H17N3O/c1-11-7-9-17-14(10-11)18-15(19)13-4-2-12(3-5-13)6-8-16/h2-5,7,9-10H,6,8,16H2,1H3,(H,17,18,19). The molecule has 3 N–H and O–H groups in total. The Morgan fingerprint density at radius 3 is 2.63 bits per heavy atom. The summed E-state index contributed by atoms with van der Waals surface area (Å²) < 4.78 is 0. The Bertz CT molecular complexity index is 564. The zero-order valence-electron chi connectivity index (χ0n) is 10.9. The maximum atomic E-state index is 12.0. The monoisotopic (exact) mass is 255 g/mol. The Balaban J connectivity index is 2.07. The molecule has 4 heteroatoms. The van der Waals surface area contributed by atoms with Crippen molar-refractivity contribution in [3.63, 3.8) is 0 Å². The quantitative estimate of drug-likeness (QED) is 0.879. The molecule has 0 aliphatic carbocycles. The number of carbonyl (C=O) groups is 1. The van der Waals surface area contributed by atoms with Crippen LogP contribution in [0.15, 0.2) is 42.6 Å². The second-order valence-electron chi connectivity index (χ2n) is 4.41. The van der Waals surface area contributed by atoms with Crippen LogP contribution in [0.4, 0.5) is 5.82 Å². The first-order valence-corrected chi connectivity index (χ1v) is 6.22. The van der Waals surface area contributed by atoms with Gasteiger partial charge in [0.15, 0.2) is 0 Å². The van der Waals surface area contributed by atoms with Crippen molar-refractivity contribution in [3.05, 3.63) is 59.3 Å². The van der Waals surface area contributed by atoms with Gasteiger partial charge < -0.3 is 11.1 Å². The second-order valence-corrected chi connectivity index (χ2v) is 4.41. The molecule has 0 unspecified atom stereocenters. The summed E-state index contributed by atoms with van der Waals surface area (Å²) in [5.41, 5.74) is 8.29. The van der Waals surface area contributed by atoms with E-state index < -0.39 is 0 Å². The van der Waals surface area contributed by atoms with Crippen molar-refractivity contribution in [2.45, 2.75) is 13.3 Å². The predicted molar refractivity (Wildman–Crippen MR) is 76.1 cm³/mol. The lowest BCUT2D eigenvalue weighted by atomic mass is 10.1.